The van der Waals surface area contributed by atoms with Gasteiger partial charge in [0, 0.05) is 12.7 Å². The zero-order valence-electron chi connectivity index (χ0n) is 15.4. The molecule has 8 nitrogen and oxygen atoms in total. The van der Waals surface area contributed by atoms with Crippen LogP contribution < -0.4 is 15.7 Å². The van der Waals surface area contributed by atoms with Gasteiger partial charge in [-0.15, -0.1) is 0 Å². The number of hydrogen-bond acceptors (Lipinski definition) is 5. The molecule has 0 saturated heterocycles. The summed E-state index contributed by atoms with van der Waals surface area (Å²) in [6.45, 7) is 4.15. The van der Waals surface area contributed by atoms with Crippen LogP contribution in [0.15, 0.2) is 53.3 Å². The SMILES string of the molecule is CC(C)c1ccc(OCC(=O)Nc2ccc(-n3nnn(C)c3=O)cc2)cc1. The molecule has 27 heavy (non-hydrogen) atoms. The van der Waals surface area contributed by atoms with Crippen molar-refractivity contribution in [3.05, 3.63) is 64.6 Å². The lowest BCUT2D eigenvalue weighted by atomic mass is 10.0. The van der Waals surface area contributed by atoms with E-state index in [0.717, 1.165) is 4.68 Å². The molecule has 2 aromatic carbocycles. The third kappa shape index (κ3) is 4.41. The van der Waals surface area contributed by atoms with E-state index in [9.17, 15) is 9.59 Å². The van der Waals surface area contributed by atoms with Gasteiger partial charge in [0.25, 0.3) is 5.91 Å². The first-order valence-corrected chi connectivity index (χ1v) is 8.56. The monoisotopic (exact) mass is 367 g/mol. The lowest BCUT2D eigenvalue weighted by Crippen LogP contribution is -2.22. The van der Waals surface area contributed by atoms with Crippen LogP contribution in [0.5, 0.6) is 5.75 Å². The first-order chi connectivity index (χ1) is 12.9. The molecule has 1 N–H and O–H groups in total. The van der Waals surface area contributed by atoms with E-state index in [4.69, 9.17) is 4.74 Å². The van der Waals surface area contributed by atoms with Gasteiger partial charge in [-0.3, -0.25) is 4.79 Å². The van der Waals surface area contributed by atoms with Crippen LogP contribution in [0.4, 0.5) is 5.69 Å². The van der Waals surface area contributed by atoms with Crippen molar-refractivity contribution in [3.8, 4) is 11.4 Å². The van der Waals surface area contributed by atoms with E-state index in [1.807, 2.05) is 24.3 Å². The summed E-state index contributed by atoms with van der Waals surface area (Å²) in [5, 5.41) is 10.2. The summed E-state index contributed by atoms with van der Waals surface area (Å²) in [5.74, 6) is 0.822. The number of nitrogens with one attached hydrogen (secondary N) is 1. The fourth-order valence-electron chi connectivity index (χ4n) is 2.46. The Kier molecular flexibility index (Phi) is 5.35. The molecule has 0 saturated carbocycles. The number of hydrogen-bond donors (Lipinski definition) is 1. The smallest absolute Gasteiger partial charge is 0.368 e. The topological polar surface area (TPSA) is 91.0 Å². The van der Waals surface area contributed by atoms with Crippen LogP contribution in [0.1, 0.15) is 25.3 Å². The molecule has 1 amide bonds. The van der Waals surface area contributed by atoms with Crippen molar-refractivity contribution in [2.24, 2.45) is 7.05 Å². The summed E-state index contributed by atoms with van der Waals surface area (Å²) in [4.78, 5) is 23.9. The van der Waals surface area contributed by atoms with Crippen LogP contribution >= 0.6 is 0 Å². The maximum atomic E-state index is 12.1. The quantitative estimate of drug-likeness (QED) is 0.720. The molecule has 1 heterocycles. The van der Waals surface area contributed by atoms with Gasteiger partial charge in [-0.25, -0.2) is 4.79 Å². The molecule has 0 fully saturated rings. The summed E-state index contributed by atoms with van der Waals surface area (Å²) >= 11 is 0. The van der Waals surface area contributed by atoms with Gasteiger partial charge in [0.2, 0.25) is 0 Å². The molecule has 1 aromatic heterocycles. The second kappa shape index (κ2) is 7.86. The minimum absolute atomic E-state index is 0.0909. The van der Waals surface area contributed by atoms with Crippen LogP contribution in [0.25, 0.3) is 5.69 Å². The average Bonchev–Trinajstić information content (AvgIpc) is 3.00. The van der Waals surface area contributed by atoms with Gasteiger partial charge in [-0.2, -0.15) is 9.36 Å². The van der Waals surface area contributed by atoms with Gasteiger partial charge in [0.1, 0.15) is 5.75 Å². The highest BCUT2D eigenvalue weighted by molar-refractivity contribution is 5.91. The summed E-state index contributed by atoms with van der Waals surface area (Å²) in [6, 6.07) is 14.4. The molecule has 0 unspecified atom stereocenters. The molecule has 8 heteroatoms. The zero-order chi connectivity index (χ0) is 19.4. The van der Waals surface area contributed by atoms with Crippen LogP contribution in [0.2, 0.25) is 0 Å². The fourth-order valence-corrected chi connectivity index (χ4v) is 2.46. The molecule has 0 atom stereocenters. The number of nitrogens with zero attached hydrogens (tertiary/aromatic N) is 4. The Hall–Kier alpha value is -3.42. The third-order valence-electron chi connectivity index (χ3n) is 4.03. The highest BCUT2D eigenvalue weighted by Crippen LogP contribution is 2.18. The summed E-state index contributed by atoms with van der Waals surface area (Å²) in [7, 11) is 1.52. The number of aryl methyl sites for hydroxylation is 1. The number of ether oxygens (including phenoxy) is 1. The van der Waals surface area contributed by atoms with E-state index in [2.05, 4.69) is 29.6 Å². The second-order valence-corrected chi connectivity index (χ2v) is 6.40. The second-order valence-electron chi connectivity index (χ2n) is 6.40. The molecule has 3 aromatic rings. The summed E-state index contributed by atoms with van der Waals surface area (Å²) < 4.78 is 7.82. The maximum Gasteiger partial charge on any atom is 0.368 e. The van der Waals surface area contributed by atoms with Crippen LogP contribution in [-0.4, -0.2) is 32.3 Å². The third-order valence-corrected chi connectivity index (χ3v) is 4.03. The highest BCUT2D eigenvalue weighted by atomic mass is 16.5. The molecular weight excluding hydrogens is 346 g/mol. The number of amides is 1. The molecule has 140 valence electrons. The molecule has 0 radical (unpaired) electrons. The molecule has 0 aliphatic rings. The Balaban J connectivity index is 1.56. The van der Waals surface area contributed by atoms with Crippen LogP contribution in [0.3, 0.4) is 0 Å². The molecule has 3 rings (SSSR count). The number of carbonyl (C=O) groups is 1. The first kappa shape index (κ1) is 18.4. The number of anilines is 1. The Bertz CT molecular complexity index is 972. The van der Waals surface area contributed by atoms with E-state index in [0.29, 0.717) is 23.0 Å². The van der Waals surface area contributed by atoms with E-state index < -0.39 is 0 Å². The Labute approximate surface area is 156 Å². The van der Waals surface area contributed by atoms with Crippen molar-refractivity contribution in [3.63, 3.8) is 0 Å². The van der Waals surface area contributed by atoms with E-state index in [1.165, 1.54) is 17.3 Å². The molecule has 0 bridgehead atoms. The number of rotatable bonds is 6. The predicted octanol–water partition coefficient (Wildman–Crippen LogP) is 2.11. The number of aromatic nitrogens is 4. The lowest BCUT2D eigenvalue weighted by molar-refractivity contribution is -0.118. The van der Waals surface area contributed by atoms with Gasteiger partial charge in [0.05, 0.1) is 5.69 Å². The molecule has 0 aliphatic carbocycles. The Morgan fingerprint density at radius 3 is 2.30 bits per heavy atom. The number of tetrazole rings is 1. The van der Waals surface area contributed by atoms with Crippen molar-refractivity contribution < 1.29 is 9.53 Å². The molecular formula is C19H21N5O3. The van der Waals surface area contributed by atoms with Gasteiger partial charge in [0.15, 0.2) is 6.61 Å². The molecule has 0 spiro atoms. The minimum Gasteiger partial charge on any atom is -0.484 e. The van der Waals surface area contributed by atoms with Crippen molar-refractivity contribution in [1.82, 2.24) is 19.8 Å². The van der Waals surface area contributed by atoms with Gasteiger partial charge in [-0.1, -0.05) is 26.0 Å². The number of carbonyl (C=O) groups excluding carboxylic acids is 1. The Morgan fingerprint density at radius 1 is 1.07 bits per heavy atom. The highest BCUT2D eigenvalue weighted by Gasteiger charge is 2.08. The van der Waals surface area contributed by atoms with Crippen LogP contribution in [-0.2, 0) is 11.8 Å². The normalized spacial score (nSPS) is 10.8. The van der Waals surface area contributed by atoms with Gasteiger partial charge in [-0.05, 0) is 58.3 Å². The molecule has 0 aliphatic heterocycles. The van der Waals surface area contributed by atoms with Crippen molar-refractivity contribution in [1.29, 1.82) is 0 Å². The predicted molar refractivity (Wildman–Crippen MR) is 101 cm³/mol. The van der Waals surface area contributed by atoms with Crippen molar-refractivity contribution >= 4 is 11.6 Å². The van der Waals surface area contributed by atoms with E-state index >= 15 is 0 Å². The minimum atomic E-state index is -0.344. The Morgan fingerprint density at radius 2 is 1.74 bits per heavy atom. The summed E-state index contributed by atoms with van der Waals surface area (Å²) in [6.07, 6.45) is 0. The van der Waals surface area contributed by atoms with Gasteiger partial charge < -0.3 is 10.1 Å². The first-order valence-electron chi connectivity index (χ1n) is 8.56. The summed E-state index contributed by atoms with van der Waals surface area (Å²) in [5.41, 5.74) is 2.03. The maximum absolute atomic E-state index is 12.1. The average molecular weight is 367 g/mol. The van der Waals surface area contributed by atoms with Crippen molar-refractivity contribution in [2.45, 2.75) is 19.8 Å². The van der Waals surface area contributed by atoms with E-state index in [-0.39, 0.29) is 18.2 Å². The standard InChI is InChI=1S/C19H21N5O3/c1-13(2)14-4-10-17(11-5-14)27-12-18(25)20-15-6-8-16(9-7-15)24-19(26)23(3)21-22-24/h4-11,13H,12H2,1-3H3,(H,20,25). The lowest BCUT2D eigenvalue weighted by Gasteiger charge is -2.09. The van der Waals surface area contributed by atoms with Gasteiger partial charge >= 0.3 is 5.69 Å². The zero-order valence-corrected chi connectivity index (χ0v) is 15.4. The van der Waals surface area contributed by atoms with Crippen LogP contribution in [0, 0.1) is 0 Å². The van der Waals surface area contributed by atoms with E-state index in [1.54, 1.807) is 24.3 Å². The largest absolute Gasteiger partial charge is 0.484 e. The fraction of sp³-hybridized carbons (Fsp3) is 0.263. The number of benzene rings is 2. The van der Waals surface area contributed by atoms with Crippen molar-refractivity contribution in [2.75, 3.05) is 11.9 Å².